The molecule has 0 aliphatic heterocycles. The Morgan fingerprint density at radius 1 is 1.71 bits per heavy atom. The van der Waals surface area contributed by atoms with Gasteiger partial charge in [-0.2, -0.15) is 0 Å². The number of nitrogens with one attached hydrogen (secondary N) is 1. The number of aromatic nitrogens is 1. The van der Waals surface area contributed by atoms with Crippen LogP contribution in [0.1, 0.15) is 29.4 Å². The second-order valence-electron chi connectivity index (χ2n) is 2.80. The molecule has 0 bridgehead atoms. The van der Waals surface area contributed by atoms with Crippen LogP contribution in [0.3, 0.4) is 0 Å². The molecule has 0 atom stereocenters. The van der Waals surface area contributed by atoms with Gasteiger partial charge in [-0.15, -0.1) is 0 Å². The summed E-state index contributed by atoms with van der Waals surface area (Å²) < 4.78 is 4.58. The first kappa shape index (κ1) is 11.0. The number of hydrogen-bond acceptors (Lipinski definition) is 5. The SMILES string of the molecule is CCCCNc1ncc(C(=O)OC)s1. The molecule has 0 unspecified atom stereocenters. The highest BCUT2D eigenvalue weighted by Gasteiger charge is 2.09. The van der Waals surface area contributed by atoms with Gasteiger partial charge in [0.1, 0.15) is 4.88 Å². The molecule has 5 heteroatoms. The molecule has 0 fully saturated rings. The first-order chi connectivity index (χ1) is 6.77. The normalized spacial score (nSPS) is 9.86. The molecular weight excluding hydrogens is 200 g/mol. The Morgan fingerprint density at radius 3 is 3.14 bits per heavy atom. The number of thiazole rings is 1. The van der Waals surface area contributed by atoms with Crippen LogP contribution in [0.25, 0.3) is 0 Å². The second kappa shape index (κ2) is 5.59. The Kier molecular flexibility index (Phi) is 4.39. The first-order valence-corrected chi connectivity index (χ1v) is 5.37. The van der Waals surface area contributed by atoms with E-state index >= 15 is 0 Å². The van der Waals surface area contributed by atoms with E-state index in [0.29, 0.717) is 4.88 Å². The summed E-state index contributed by atoms with van der Waals surface area (Å²) in [6.45, 7) is 3.02. The van der Waals surface area contributed by atoms with Gasteiger partial charge in [0.25, 0.3) is 0 Å². The molecule has 1 rings (SSSR count). The number of ether oxygens (including phenoxy) is 1. The van der Waals surface area contributed by atoms with Crippen LogP contribution in [-0.2, 0) is 4.74 Å². The second-order valence-corrected chi connectivity index (χ2v) is 3.83. The average molecular weight is 214 g/mol. The lowest BCUT2D eigenvalue weighted by Crippen LogP contribution is -1.99. The van der Waals surface area contributed by atoms with Crippen LogP contribution in [0.5, 0.6) is 0 Å². The molecule has 1 aromatic rings. The van der Waals surface area contributed by atoms with Gasteiger partial charge in [-0.3, -0.25) is 0 Å². The van der Waals surface area contributed by atoms with Crippen molar-refractivity contribution in [3.8, 4) is 0 Å². The first-order valence-electron chi connectivity index (χ1n) is 4.56. The van der Waals surface area contributed by atoms with Crippen molar-refractivity contribution in [2.24, 2.45) is 0 Å². The average Bonchev–Trinajstić information content (AvgIpc) is 2.66. The molecule has 0 radical (unpaired) electrons. The summed E-state index contributed by atoms with van der Waals surface area (Å²) in [4.78, 5) is 15.7. The van der Waals surface area contributed by atoms with E-state index in [1.54, 1.807) is 0 Å². The van der Waals surface area contributed by atoms with Crippen molar-refractivity contribution < 1.29 is 9.53 Å². The smallest absolute Gasteiger partial charge is 0.349 e. The summed E-state index contributed by atoms with van der Waals surface area (Å²) >= 11 is 1.32. The minimum Gasteiger partial charge on any atom is -0.465 e. The van der Waals surface area contributed by atoms with E-state index in [4.69, 9.17) is 0 Å². The maximum atomic E-state index is 11.1. The predicted octanol–water partition coefficient (Wildman–Crippen LogP) is 2.14. The van der Waals surface area contributed by atoms with Gasteiger partial charge >= 0.3 is 5.97 Å². The molecule has 0 saturated carbocycles. The number of unbranched alkanes of at least 4 members (excludes halogenated alkanes) is 1. The molecule has 0 aliphatic rings. The summed E-state index contributed by atoms with van der Waals surface area (Å²) in [5, 5.41) is 3.92. The van der Waals surface area contributed by atoms with E-state index in [-0.39, 0.29) is 5.97 Å². The number of rotatable bonds is 5. The largest absolute Gasteiger partial charge is 0.465 e. The van der Waals surface area contributed by atoms with Gasteiger partial charge in [-0.25, -0.2) is 9.78 Å². The molecule has 1 heterocycles. The van der Waals surface area contributed by atoms with Gasteiger partial charge in [-0.1, -0.05) is 24.7 Å². The highest BCUT2D eigenvalue weighted by Crippen LogP contribution is 2.18. The van der Waals surface area contributed by atoms with E-state index in [1.807, 2.05) is 0 Å². The number of methoxy groups -OCH3 is 1. The Morgan fingerprint density at radius 2 is 2.50 bits per heavy atom. The van der Waals surface area contributed by atoms with Gasteiger partial charge in [0.05, 0.1) is 13.3 Å². The Balaban J connectivity index is 2.46. The van der Waals surface area contributed by atoms with Crippen LogP contribution < -0.4 is 5.32 Å². The topological polar surface area (TPSA) is 51.2 Å². The monoisotopic (exact) mass is 214 g/mol. The summed E-state index contributed by atoms with van der Waals surface area (Å²) in [6.07, 6.45) is 3.78. The van der Waals surface area contributed by atoms with Crippen molar-refractivity contribution in [2.45, 2.75) is 19.8 Å². The van der Waals surface area contributed by atoms with Crippen LogP contribution in [0.4, 0.5) is 5.13 Å². The number of anilines is 1. The van der Waals surface area contributed by atoms with Crippen molar-refractivity contribution in [1.82, 2.24) is 4.98 Å². The zero-order chi connectivity index (χ0) is 10.4. The molecule has 0 aromatic carbocycles. The summed E-state index contributed by atoms with van der Waals surface area (Å²) in [5.41, 5.74) is 0. The van der Waals surface area contributed by atoms with E-state index in [1.165, 1.54) is 24.6 Å². The van der Waals surface area contributed by atoms with Crippen LogP contribution in [0.2, 0.25) is 0 Å². The quantitative estimate of drug-likeness (QED) is 0.602. The van der Waals surface area contributed by atoms with Crippen molar-refractivity contribution in [2.75, 3.05) is 19.0 Å². The minimum atomic E-state index is -0.328. The van der Waals surface area contributed by atoms with E-state index in [2.05, 4.69) is 22.0 Å². The molecule has 0 saturated heterocycles. The number of hydrogen-bond donors (Lipinski definition) is 1. The molecule has 1 N–H and O–H groups in total. The van der Waals surface area contributed by atoms with Crippen LogP contribution in [-0.4, -0.2) is 24.6 Å². The molecule has 0 spiro atoms. The summed E-state index contributed by atoms with van der Waals surface area (Å²) in [5.74, 6) is -0.328. The lowest BCUT2D eigenvalue weighted by molar-refractivity contribution is 0.0606. The fraction of sp³-hybridized carbons (Fsp3) is 0.556. The van der Waals surface area contributed by atoms with E-state index in [9.17, 15) is 4.79 Å². The fourth-order valence-corrected chi connectivity index (χ4v) is 1.68. The molecule has 14 heavy (non-hydrogen) atoms. The molecule has 0 aliphatic carbocycles. The summed E-state index contributed by atoms with van der Waals surface area (Å²) in [7, 11) is 1.37. The molecular formula is C9H14N2O2S. The number of esters is 1. The maximum absolute atomic E-state index is 11.1. The van der Waals surface area contributed by atoms with Gasteiger partial charge in [0, 0.05) is 6.54 Å². The van der Waals surface area contributed by atoms with Crippen molar-refractivity contribution in [3.05, 3.63) is 11.1 Å². The number of carbonyl (C=O) groups is 1. The third kappa shape index (κ3) is 2.99. The standard InChI is InChI=1S/C9H14N2O2S/c1-3-4-5-10-9-11-6-7(14-9)8(12)13-2/h6H,3-5H2,1-2H3,(H,10,11). The van der Waals surface area contributed by atoms with Crippen molar-refractivity contribution in [1.29, 1.82) is 0 Å². The minimum absolute atomic E-state index is 0.328. The third-order valence-corrected chi connectivity index (χ3v) is 2.63. The lowest BCUT2D eigenvalue weighted by Gasteiger charge is -1.98. The highest BCUT2D eigenvalue weighted by molar-refractivity contribution is 7.17. The zero-order valence-corrected chi connectivity index (χ0v) is 9.19. The highest BCUT2D eigenvalue weighted by atomic mass is 32.1. The van der Waals surface area contributed by atoms with E-state index in [0.717, 1.165) is 24.5 Å². The molecule has 4 nitrogen and oxygen atoms in total. The Bertz CT molecular complexity index is 299. The van der Waals surface area contributed by atoms with Crippen molar-refractivity contribution in [3.63, 3.8) is 0 Å². The van der Waals surface area contributed by atoms with Gasteiger partial charge in [-0.05, 0) is 6.42 Å². The van der Waals surface area contributed by atoms with Gasteiger partial charge < -0.3 is 10.1 Å². The van der Waals surface area contributed by atoms with Crippen LogP contribution >= 0.6 is 11.3 Å². The summed E-state index contributed by atoms with van der Waals surface area (Å²) in [6, 6.07) is 0. The van der Waals surface area contributed by atoms with Gasteiger partial charge in [0.2, 0.25) is 0 Å². The third-order valence-electron chi connectivity index (χ3n) is 1.70. The number of carbonyl (C=O) groups excluding carboxylic acids is 1. The maximum Gasteiger partial charge on any atom is 0.349 e. The Labute approximate surface area is 87.3 Å². The lowest BCUT2D eigenvalue weighted by atomic mass is 10.3. The fourth-order valence-electron chi connectivity index (χ4n) is 0.923. The van der Waals surface area contributed by atoms with Crippen molar-refractivity contribution >= 4 is 22.4 Å². The van der Waals surface area contributed by atoms with Crippen LogP contribution in [0.15, 0.2) is 6.20 Å². The van der Waals surface area contributed by atoms with Gasteiger partial charge in [0.15, 0.2) is 5.13 Å². The molecule has 78 valence electrons. The zero-order valence-electron chi connectivity index (χ0n) is 8.37. The number of nitrogens with zero attached hydrogens (tertiary/aromatic N) is 1. The van der Waals surface area contributed by atoms with E-state index < -0.39 is 0 Å². The Hall–Kier alpha value is -1.10. The van der Waals surface area contributed by atoms with Crippen LogP contribution in [0, 0.1) is 0 Å². The predicted molar refractivity (Wildman–Crippen MR) is 56.9 cm³/mol. The molecule has 1 aromatic heterocycles. The molecule has 0 amide bonds.